The lowest BCUT2D eigenvalue weighted by Crippen LogP contribution is -2.27. The van der Waals surface area contributed by atoms with Gasteiger partial charge in [-0.15, -0.1) is 22.7 Å². The van der Waals surface area contributed by atoms with Gasteiger partial charge in [-0.1, -0.05) is 13.0 Å². The molecule has 0 atom stereocenters. The van der Waals surface area contributed by atoms with E-state index in [9.17, 15) is 8.42 Å². The molecule has 0 fully saturated rings. The van der Waals surface area contributed by atoms with E-state index < -0.39 is 10.0 Å². The summed E-state index contributed by atoms with van der Waals surface area (Å²) in [5.41, 5.74) is 0.911. The molecule has 0 bridgehead atoms. The van der Waals surface area contributed by atoms with Crippen molar-refractivity contribution in [3.63, 3.8) is 0 Å². The summed E-state index contributed by atoms with van der Waals surface area (Å²) in [6.07, 6.45) is 2.71. The molecule has 3 heterocycles. The van der Waals surface area contributed by atoms with E-state index in [1.165, 1.54) is 11.3 Å². The van der Waals surface area contributed by atoms with Crippen LogP contribution in [-0.4, -0.2) is 24.7 Å². The van der Waals surface area contributed by atoms with Gasteiger partial charge in [0.2, 0.25) is 10.0 Å². The molecule has 122 valence electrons. The van der Waals surface area contributed by atoms with E-state index in [4.69, 9.17) is 0 Å². The highest BCUT2D eigenvalue weighted by molar-refractivity contribution is 7.91. The Morgan fingerprint density at radius 1 is 1.26 bits per heavy atom. The van der Waals surface area contributed by atoms with Crippen LogP contribution in [0, 0.1) is 0 Å². The smallest absolute Gasteiger partial charge is 0.250 e. The number of aromatic nitrogens is 2. The van der Waals surface area contributed by atoms with Crippen LogP contribution in [0.4, 0.5) is 0 Å². The quantitative estimate of drug-likeness (QED) is 0.697. The van der Waals surface area contributed by atoms with Gasteiger partial charge in [0.25, 0.3) is 0 Å². The third kappa shape index (κ3) is 3.89. The predicted octanol–water partition coefficient (Wildman–Crippen LogP) is 3.21. The maximum atomic E-state index is 12.2. The Morgan fingerprint density at radius 3 is 2.83 bits per heavy atom. The number of thiophene rings is 2. The Hall–Kier alpha value is -1.48. The van der Waals surface area contributed by atoms with E-state index in [1.807, 2.05) is 42.8 Å². The van der Waals surface area contributed by atoms with Crippen molar-refractivity contribution in [2.24, 2.45) is 0 Å². The molecule has 0 aliphatic carbocycles. The first kappa shape index (κ1) is 16.4. The highest BCUT2D eigenvalue weighted by Gasteiger charge is 2.16. The lowest BCUT2D eigenvalue weighted by Gasteiger charge is -2.05. The van der Waals surface area contributed by atoms with Gasteiger partial charge >= 0.3 is 0 Å². The van der Waals surface area contributed by atoms with Gasteiger partial charge in [0, 0.05) is 17.6 Å². The molecule has 0 saturated heterocycles. The minimum Gasteiger partial charge on any atom is -0.271 e. The van der Waals surface area contributed by atoms with Gasteiger partial charge in [-0.3, -0.25) is 4.68 Å². The van der Waals surface area contributed by atoms with Crippen LogP contribution in [-0.2, 0) is 23.0 Å². The average Bonchev–Trinajstić information content (AvgIpc) is 3.27. The molecular weight excluding hydrogens is 350 g/mol. The number of sulfonamides is 1. The van der Waals surface area contributed by atoms with Gasteiger partial charge in [-0.25, -0.2) is 13.1 Å². The minimum atomic E-state index is -3.43. The third-order valence-electron chi connectivity index (χ3n) is 3.30. The summed E-state index contributed by atoms with van der Waals surface area (Å²) >= 11 is 2.95. The Kier molecular flexibility index (Phi) is 4.96. The van der Waals surface area contributed by atoms with Crippen molar-refractivity contribution in [3.8, 4) is 10.6 Å². The summed E-state index contributed by atoms with van der Waals surface area (Å²) in [4.78, 5) is 2.17. The topological polar surface area (TPSA) is 64.0 Å². The predicted molar refractivity (Wildman–Crippen MR) is 94.4 cm³/mol. The van der Waals surface area contributed by atoms with Crippen molar-refractivity contribution in [2.75, 3.05) is 6.54 Å². The molecule has 3 rings (SSSR count). The third-order valence-corrected chi connectivity index (χ3v) is 7.37. The zero-order chi connectivity index (χ0) is 16.3. The van der Waals surface area contributed by atoms with Gasteiger partial charge in [0.05, 0.1) is 11.4 Å². The first-order valence-corrected chi connectivity index (χ1v) is 10.4. The van der Waals surface area contributed by atoms with Gasteiger partial charge in [-0.05, 0) is 36.1 Å². The summed E-state index contributed by atoms with van der Waals surface area (Å²) in [7, 11) is -3.43. The zero-order valence-electron chi connectivity index (χ0n) is 12.6. The van der Waals surface area contributed by atoms with Crippen molar-refractivity contribution in [1.82, 2.24) is 14.5 Å². The van der Waals surface area contributed by atoms with Crippen molar-refractivity contribution in [1.29, 1.82) is 0 Å². The Balaban J connectivity index is 1.58. The molecule has 0 saturated carbocycles. The van der Waals surface area contributed by atoms with E-state index in [-0.39, 0.29) is 0 Å². The molecule has 1 N–H and O–H groups in total. The van der Waals surface area contributed by atoms with E-state index in [1.54, 1.807) is 22.1 Å². The summed E-state index contributed by atoms with van der Waals surface area (Å²) < 4.78 is 29.2. The molecule has 0 radical (unpaired) electrons. The first-order valence-electron chi connectivity index (χ1n) is 7.24. The van der Waals surface area contributed by atoms with Crippen LogP contribution in [0.2, 0.25) is 0 Å². The molecule has 0 aliphatic heterocycles. The fourth-order valence-corrected chi connectivity index (χ4v) is 5.15. The number of nitrogens with one attached hydrogen (secondary N) is 1. The largest absolute Gasteiger partial charge is 0.271 e. The van der Waals surface area contributed by atoms with Crippen molar-refractivity contribution in [2.45, 2.75) is 24.1 Å². The van der Waals surface area contributed by atoms with Crippen molar-refractivity contribution >= 4 is 32.7 Å². The van der Waals surface area contributed by atoms with Crippen LogP contribution in [0.3, 0.4) is 0 Å². The van der Waals surface area contributed by atoms with Gasteiger partial charge in [-0.2, -0.15) is 5.10 Å². The Bertz CT molecular complexity index is 864. The fourth-order valence-electron chi connectivity index (χ4n) is 2.10. The number of rotatable bonds is 7. The second kappa shape index (κ2) is 6.96. The highest BCUT2D eigenvalue weighted by atomic mass is 32.2. The molecule has 23 heavy (non-hydrogen) atoms. The highest BCUT2D eigenvalue weighted by Crippen LogP contribution is 2.23. The molecule has 0 aromatic carbocycles. The van der Waals surface area contributed by atoms with Crippen molar-refractivity contribution < 1.29 is 8.42 Å². The number of hydrogen-bond acceptors (Lipinski definition) is 5. The molecule has 0 unspecified atom stereocenters. The maximum absolute atomic E-state index is 12.2. The van der Waals surface area contributed by atoms with Crippen LogP contribution in [0.5, 0.6) is 0 Å². The standard InChI is InChI=1S/C15H17N3O2S3/c1-2-12-5-6-15(22-12)23(19,20)16-8-10-18-9-7-13(17-18)14-4-3-11-21-14/h3-7,9,11,16H,2,8,10H2,1H3. The van der Waals surface area contributed by atoms with Gasteiger partial charge in [0.1, 0.15) is 9.90 Å². The molecule has 0 aliphatic rings. The summed E-state index contributed by atoms with van der Waals surface area (Å²) in [5.74, 6) is 0. The second-order valence-electron chi connectivity index (χ2n) is 4.91. The van der Waals surface area contributed by atoms with Crippen molar-refractivity contribution in [3.05, 3.63) is 46.8 Å². The van der Waals surface area contributed by atoms with Crippen LogP contribution in [0.1, 0.15) is 11.8 Å². The van der Waals surface area contributed by atoms with Gasteiger partial charge in [0.15, 0.2) is 0 Å². The van der Waals surface area contributed by atoms with E-state index >= 15 is 0 Å². The number of aryl methyl sites for hydroxylation is 1. The fraction of sp³-hybridized carbons (Fsp3) is 0.267. The molecular formula is C15H17N3O2S3. The maximum Gasteiger partial charge on any atom is 0.250 e. The molecule has 0 amide bonds. The lowest BCUT2D eigenvalue weighted by atomic mass is 10.3. The molecule has 3 aromatic heterocycles. The first-order chi connectivity index (χ1) is 11.1. The second-order valence-corrected chi connectivity index (χ2v) is 9.02. The van der Waals surface area contributed by atoms with E-state index in [0.29, 0.717) is 17.3 Å². The molecule has 3 aromatic rings. The monoisotopic (exact) mass is 367 g/mol. The number of hydrogen-bond donors (Lipinski definition) is 1. The van der Waals surface area contributed by atoms with Crippen LogP contribution in [0.15, 0.2) is 46.1 Å². The Morgan fingerprint density at radius 2 is 2.13 bits per heavy atom. The molecule has 0 spiro atoms. The normalized spacial score (nSPS) is 11.9. The van der Waals surface area contributed by atoms with Crippen LogP contribution >= 0.6 is 22.7 Å². The Labute approximate surface area is 143 Å². The summed E-state index contributed by atoms with van der Waals surface area (Å²) in [6, 6.07) is 9.46. The summed E-state index contributed by atoms with van der Waals surface area (Å²) in [6.45, 7) is 2.82. The SMILES string of the molecule is CCc1ccc(S(=O)(=O)NCCn2ccc(-c3cccs3)n2)s1. The lowest BCUT2D eigenvalue weighted by molar-refractivity contribution is 0.563. The van der Waals surface area contributed by atoms with Crippen LogP contribution < -0.4 is 4.72 Å². The molecule has 5 nitrogen and oxygen atoms in total. The van der Waals surface area contributed by atoms with E-state index in [0.717, 1.165) is 21.9 Å². The zero-order valence-corrected chi connectivity index (χ0v) is 15.0. The minimum absolute atomic E-state index is 0.313. The average molecular weight is 368 g/mol. The number of nitrogens with zero attached hydrogens (tertiary/aromatic N) is 2. The van der Waals surface area contributed by atoms with Crippen LogP contribution in [0.25, 0.3) is 10.6 Å². The summed E-state index contributed by atoms with van der Waals surface area (Å²) in [5, 5.41) is 6.47. The van der Waals surface area contributed by atoms with Gasteiger partial charge < -0.3 is 0 Å². The van der Waals surface area contributed by atoms with E-state index in [2.05, 4.69) is 9.82 Å². The molecule has 8 heteroatoms.